The first-order chi connectivity index (χ1) is 10.7. The Labute approximate surface area is 126 Å². The highest BCUT2D eigenvalue weighted by Crippen LogP contribution is 2.18. The molecule has 0 fully saturated rings. The maximum Gasteiger partial charge on any atom is 0.250 e. The molecule has 0 bridgehead atoms. The number of carbonyl (C=O) groups excluding carboxylic acids is 1. The molecule has 6 nitrogen and oxygen atoms in total. The fraction of sp³-hybridized carbons (Fsp3) is 0.0625. The van der Waals surface area contributed by atoms with Crippen LogP contribution in [0, 0.1) is 0 Å². The van der Waals surface area contributed by atoms with Gasteiger partial charge in [-0.05, 0) is 29.8 Å². The molecule has 0 unspecified atom stereocenters. The highest BCUT2D eigenvalue weighted by Gasteiger charge is 2.05. The Hall–Kier alpha value is -3.15. The number of hydrogen-bond acceptors (Lipinski definition) is 3. The number of anilines is 1. The van der Waals surface area contributed by atoms with Crippen molar-refractivity contribution in [2.45, 2.75) is 6.54 Å². The van der Waals surface area contributed by atoms with Crippen LogP contribution in [0.4, 0.5) is 5.69 Å². The number of nitrogens with zero attached hydrogens (tertiary/aromatic N) is 2. The number of hydrogen-bond donors (Lipinski definition) is 2. The zero-order valence-electron chi connectivity index (χ0n) is 11.7. The van der Waals surface area contributed by atoms with E-state index >= 15 is 0 Å². The van der Waals surface area contributed by atoms with Gasteiger partial charge in [0.1, 0.15) is 6.54 Å². The zero-order valence-corrected chi connectivity index (χ0v) is 11.7. The molecule has 0 saturated carbocycles. The summed E-state index contributed by atoms with van der Waals surface area (Å²) in [5.74, 6) is -0.248. The number of carbonyl (C=O) groups is 1. The number of H-pyrrole nitrogens is 1. The molecule has 0 saturated heterocycles. The van der Waals surface area contributed by atoms with Gasteiger partial charge in [-0.15, -0.1) is 0 Å². The lowest BCUT2D eigenvalue weighted by Gasteiger charge is -2.07. The second kappa shape index (κ2) is 6.09. The van der Waals surface area contributed by atoms with E-state index in [1.165, 1.54) is 10.6 Å². The van der Waals surface area contributed by atoms with Crippen molar-refractivity contribution in [2.75, 3.05) is 5.32 Å². The van der Waals surface area contributed by atoms with Crippen molar-refractivity contribution in [1.82, 2.24) is 14.8 Å². The van der Waals surface area contributed by atoms with Crippen LogP contribution in [0.5, 0.6) is 0 Å². The largest absolute Gasteiger partial charge is 0.325 e. The summed E-state index contributed by atoms with van der Waals surface area (Å²) in [5, 5.41) is 9.54. The quantitative estimate of drug-likeness (QED) is 0.771. The first-order valence-corrected chi connectivity index (χ1v) is 6.77. The van der Waals surface area contributed by atoms with Gasteiger partial charge in [0, 0.05) is 24.1 Å². The maximum absolute atomic E-state index is 12.0. The lowest BCUT2D eigenvalue weighted by atomic mass is 10.1. The summed E-state index contributed by atoms with van der Waals surface area (Å²) in [6.45, 7) is -0.0119. The summed E-state index contributed by atoms with van der Waals surface area (Å²) in [4.78, 5) is 23.5. The highest BCUT2D eigenvalue weighted by atomic mass is 16.2. The Morgan fingerprint density at radius 1 is 1.14 bits per heavy atom. The van der Waals surface area contributed by atoms with E-state index in [0.29, 0.717) is 5.69 Å². The lowest BCUT2D eigenvalue weighted by molar-refractivity contribution is -0.116. The molecule has 2 heterocycles. The number of aromatic nitrogens is 3. The smallest absolute Gasteiger partial charge is 0.250 e. The molecule has 0 spiro atoms. The molecular weight excluding hydrogens is 280 g/mol. The molecule has 6 heteroatoms. The van der Waals surface area contributed by atoms with Crippen LogP contribution in [0.3, 0.4) is 0 Å². The van der Waals surface area contributed by atoms with E-state index in [9.17, 15) is 9.59 Å². The average Bonchev–Trinajstić information content (AvgIpc) is 3.05. The Bertz CT molecular complexity index is 820. The molecule has 3 rings (SSSR count). The molecule has 0 aliphatic rings. The van der Waals surface area contributed by atoms with Crippen molar-refractivity contribution < 1.29 is 4.79 Å². The van der Waals surface area contributed by atoms with E-state index in [1.54, 1.807) is 24.5 Å². The molecule has 1 amide bonds. The van der Waals surface area contributed by atoms with Gasteiger partial charge in [0.15, 0.2) is 0 Å². The molecule has 1 aromatic carbocycles. The van der Waals surface area contributed by atoms with Gasteiger partial charge < -0.3 is 9.88 Å². The summed E-state index contributed by atoms with van der Waals surface area (Å²) >= 11 is 0. The van der Waals surface area contributed by atoms with E-state index in [1.807, 2.05) is 30.3 Å². The minimum atomic E-state index is -0.248. The van der Waals surface area contributed by atoms with Gasteiger partial charge in [-0.1, -0.05) is 18.2 Å². The summed E-state index contributed by atoms with van der Waals surface area (Å²) in [7, 11) is 0. The fourth-order valence-electron chi connectivity index (χ4n) is 2.10. The van der Waals surface area contributed by atoms with Crippen molar-refractivity contribution in [2.24, 2.45) is 0 Å². The number of pyridine rings is 1. The van der Waals surface area contributed by atoms with E-state index in [4.69, 9.17) is 0 Å². The van der Waals surface area contributed by atoms with E-state index in [0.717, 1.165) is 11.3 Å². The Morgan fingerprint density at radius 2 is 1.95 bits per heavy atom. The van der Waals surface area contributed by atoms with E-state index in [2.05, 4.69) is 15.5 Å². The third-order valence-electron chi connectivity index (χ3n) is 3.19. The van der Waals surface area contributed by atoms with Crippen molar-refractivity contribution in [1.29, 1.82) is 0 Å². The predicted molar refractivity (Wildman–Crippen MR) is 83.4 cm³/mol. The van der Waals surface area contributed by atoms with Gasteiger partial charge in [-0.2, -0.15) is 5.10 Å². The summed E-state index contributed by atoms with van der Waals surface area (Å²) in [6, 6.07) is 14.0. The van der Waals surface area contributed by atoms with E-state index in [-0.39, 0.29) is 18.0 Å². The standard InChI is InChI=1S/C16H14N4O2/c21-15(11-20-10-2-1-3-16(20)22)18-13-6-4-12(5-7-13)14-8-9-17-19-14/h1-10H,11H2,(H,17,19)(H,18,21). The van der Waals surface area contributed by atoms with Crippen LogP contribution in [0.2, 0.25) is 0 Å². The number of aromatic amines is 1. The number of benzene rings is 1. The molecular formula is C16H14N4O2. The van der Waals surface area contributed by atoms with Crippen LogP contribution in [0.25, 0.3) is 11.3 Å². The number of nitrogens with one attached hydrogen (secondary N) is 2. The minimum absolute atomic E-state index is 0.0119. The first kappa shape index (κ1) is 13.8. The van der Waals surface area contributed by atoms with Gasteiger partial charge in [-0.25, -0.2) is 0 Å². The third-order valence-corrected chi connectivity index (χ3v) is 3.19. The topological polar surface area (TPSA) is 79.8 Å². The zero-order chi connectivity index (χ0) is 15.4. The van der Waals surface area contributed by atoms with Crippen molar-refractivity contribution in [3.05, 3.63) is 71.3 Å². The van der Waals surface area contributed by atoms with Gasteiger partial charge >= 0.3 is 0 Å². The molecule has 22 heavy (non-hydrogen) atoms. The average molecular weight is 294 g/mol. The summed E-state index contributed by atoms with van der Waals surface area (Å²) in [5.41, 5.74) is 2.37. The summed E-state index contributed by atoms with van der Waals surface area (Å²) in [6.07, 6.45) is 3.27. The highest BCUT2D eigenvalue weighted by molar-refractivity contribution is 5.90. The van der Waals surface area contributed by atoms with Crippen LogP contribution >= 0.6 is 0 Å². The molecule has 2 aromatic heterocycles. The van der Waals surface area contributed by atoms with Crippen LogP contribution in [0.15, 0.2) is 65.7 Å². The second-order valence-corrected chi connectivity index (χ2v) is 4.76. The van der Waals surface area contributed by atoms with Crippen LogP contribution in [0.1, 0.15) is 0 Å². The Kier molecular flexibility index (Phi) is 3.82. The van der Waals surface area contributed by atoms with Crippen molar-refractivity contribution in [3.8, 4) is 11.3 Å². The van der Waals surface area contributed by atoms with E-state index < -0.39 is 0 Å². The molecule has 0 radical (unpaired) electrons. The third kappa shape index (κ3) is 3.12. The normalized spacial score (nSPS) is 10.4. The van der Waals surface area contributed by atoms with Gasteiger partial charge in [0.05, 0.1) is 5.69 Å². The molecule has 2 N–H and O–H groups in total. The molecule has 0 aliphatic carbocycles. The molecule has 3 aromatic rings. The number of amides is 1. The SMILES string of the molecule is O=C(Cn1ccccc1=O)Nc1ccc(-c2ccn[nH]2)cc1. The Morgan fingerprint density at radius 3 is 2.64 bits per heavy atom. The van der Waals surface area contributed by atoms with Gasteiger partial charge in [-0.3, -0.25) is 14.7 Å². The maximum atomic E-state index is 12.0. The fourth-order valence-corrected chi connectivity index (χ4v) is 2.10. The molecule has 0 aliphatic heterocycles. The van der Waals surface area contributed by atoms with Crippen LogP contribution < -0.4 is 10.9 Å². The van der Waals surface area contributed by atoms with Gasteiger partial charge in [0.25, 0.3) is 5.56 Å². The monoisotopic (exact) mass is 294 g/mol. The molecule has 0 atom stereocenters. The first-order valence-electron chi connectivity index (χ1n) is 6.77. The number of rotatable bonds is 4. The molecule has 110 valence electrons. The van der Waals surface area contributed by atoms with Crippen molar-refractivity contribution in [3.63, 3.8) is 0 Å². The van der Waals surface area contributed by atoms with Gasteiger partial charge in [0.2, 0.25) is 5.91 Å². The lowest BCUT2D eigenvalue weighted by Crippen LogP contribution is -2.26. The van der Waals surface area contributed by atoms with Crippen molar-refractivity contribution >= 4 is 11.6 Å². The minimum Gasteiger partial charge on any atom is -0.325 e. The van der Waals surface area contributed by atoms with Crippen LogP contribution in [-0.2, 0) is 11.3 Å². The summed E-state index contributed by atoms with van der Waals surface area (Å²) < 4.78 is 1.36. The Balaban J connectivity index is 1.67. The predicted octanol–water partition coefficient (Wildman–Crippen LogP) is 1.88. The second-order valence-electron chi connectivity index (χ2n) is 4.76. The van der Waals surface area contributed by atoms with Crippen LogP contribution in [-0.4, -0.2) is 20.7 Å².